The molecule has 0 aliphatic heterocycles. The molecule has 2 heterocycles. The SMILES string of the molecule is Cc1ncnc(C)c1C(=O)OCc1cncc(C(C)(F)F)c1. The Morgan fingerprint density at radius 1 is 1.23 bits per heavy atom. The highest BCUT2D eigenvalue weighted by Gasteiger charge is 2.25. The molecule has 0 N–H and O–H groups in total. The van der Waals surface area contributed by atoms with Crippen molar-refractivity contribution < 1.29 is 18.3 Å². The molecule has 0 aromatic carbocycles. The van der Waals surface area contributed by atoms with E-state index in [1.807, 2.05) is 0 Å². The van der Waals surface area contributed by atoms with Crippen LogP contribution >= 0.6 is 0 Å². The third-order valence-electron chi connectivity index (χ3n) is 3.10. The Bertz CT molecular complexity index is 679. The highest BCUT2D eigenvalue weighted by molar-refractivity contribution is 5.91. The third kappa shape index (κ3) is 3.60. The zero-order valence-corrected chi connectivity index (χ0v) is 12.4. The summed E-state index contributed by atoms with van der Waals surface area (Å²) in [5, 5.41) is 0. The lowest BCUT2D eigenvalue weighted by molar-refractivity contribution is 0.0169. The maximum Gasteiger partial charge on any atom is 0.342 e. The quantitative estimate of drug-likeness (QED) is 0.813. The minimum absolute atomic E-state index is 0.149. The first-order valence-electron chi connectivity index (χ1n) is 6.56. The lowest BCUT2D eigenvalue weighted by Crippen LogP contribution is -2.12. The minimum atomic E-state index is -2.99. The highest BCUT2D eigenvalue weighted by Crippen LogP contribution is 2.26. The molecular formula is C15H15F2N3O2. The molecule has 0 unspecified atom stereocenters. The van der Waals surface area contributed by atoms with Gasteiger partial charge in [0.2, 0.25) is 0 Å². The number of ether oxygens (including phenoxy) is 1. The van der Waals surface area contributed by atoms with Crippen LogP contribution in [0.3, 0.4) is 0 Å². The van der Waals surface area contributed by atoms with E-state index in [1.165, 1.54) is 18.6 Å². The van der Waals surface area contributed by atoms with E-state index in [0.717, 1.165) is 13.1 Å². The van der Waals surface area contributed by atoms with Gasteiger partial charge in [0.05, 0.1) is 11.4 Å². The van der Waals surface area contributed by atoms with E-state index < -0.39 is 11.9 Å². The summed E-state index contributed by atoms with van der Waals surface area (Å²) in [5.74, 6) is -3.59. The molecule has 0 saturated carbocycles. The largest absolute Gasteiger partial charge is 0.457 e. The van der Waals surface area contributed by atoms with Crippen molar-refractivity contribution >= 4 is 5.97 Å². The molecule has 0 bridgehead atoms. The van der Waals surface area contributed by atoms with Crippen molar-refractivity contribution in [1.29, 1.82) is 0 Å². The standard InChI is InChI=1S/C15H15F2N3O2/c1-9-13(10(2)20-8-19-9)14(21)22-7-11-4-12(6-18-5-11)15(3,16)17/h4-6,8H,7H2,1-3H3. The number of esters is 1. The summed E-state index contributed by atoms with van der Waals surface area (Å²) in [6.07, 6.45) is 3.83. The number of rotatable bonds is 4. The molecule has 116 valence electrons. The molecular weight excluding hydrogens is 292 g/mol. The van der Waals surface area contributed by atoms with E-state index >= 15 is 0 Å². The van der Waals surface area contributed by atoms with E-state index in [1.54, 1.807) is 13.8 Å². The molecule has 22 heavy (non-hydrogen) atoms. The second kappa shape index (κ2) is 6.13. The van der Waals surface area contributed by atoms with E-state index in [4.69, 9.17) is 4.74 Å². The summed E-state index contributed by atoms with van der Waals surface area (Å²) in [6.45, 7) is 3.98. The summed E-state index contributed by atoms with van der Waals surface area (Å²) in [7, 11) is 0. The second-order valence-electron chi connectivity index (χ2n) is 4.97. The van der Waals surface area contributed by atoms with Crippen LogP contribution in [0.25, 0.3) is 0 Å². The number of pyridine rings is 1. The predicted octanol–water partition coefficient (Wildman–Crippen LogP) is 2.96. The van der Waals surface area contributed by atoms with Gasteiger partial charge < -0.3 is 4.74 Å². The van der Waals surface area contributed by atoms with Crippen molar-refractivity contribution in [2.45, 2.75) is 33.3 Å². The minimum Gasteiger partial charge on any atom is -0.457 e. The van der Waals surface area contributed by atoms with Gasteiger partial charge in [-0.2, -0.15) is 0 Å². The Morgan fingerprint density at radius 3 is 2.45 bits per heavy atom. The summed E-state index contributed by atoms with van der Waals surface area (Å²) in [5.41, 5.74) is 1.46. The molecule has 0 saturated heterocycles. The maximum absolute atomic E-state index is 13.2. The monoisotopic (exact) mass is 307 g/mol. The van der Waals surface area contributed by atoms with Crippen LogP contribution in [-0.4, -0.2) is 20.9 Å². The zero-order valence-electron chi connectivity index (χ0n) is 12.4. The van der Waals surface area contributed by atoms with Gasteiger partial charge in [-0.3, -0.25) is 4.98 Å². The van der Waals surface area contributed by atoms with Crippen molar-refractivity contribution in [3.05, 3.63) is 52.9 Å². The normalized spacial score (nSPS) is 11.3. The van der Waals surface area contributed by atoms with Crippen LogP contribution in [0.2, 0.25) is 0 Å². The molecule has 0 atom stereocenters. The molecule has 2 aromatic rings. The summed E-state index contributed by atoms with van der Waals surface area (Å²) in [6, 6.07) is 1.27. The van der Waals surface area contributed by atoms with E-state index in [2.05, 4.69) is 15.0 Å². The van der Waals surface area contributed by atoms with Crippen LogP contribution in [0, 0.1) is 13.8 Å². The first kappa shape index (κ1) is 15.9. The predicted molar refractivity (Wildman–Crippen MR) is 74.4 cm³/mol. The number of alkyl halides is 2. The summed E-state index contributed by atoms with van der Waals surface area (Å²) in [4.78, 5) is 23.7. The van der Waals surface area contributed by atoms with Gasteiger partial charge in [0.15, 0.2) is 0 Å². The smallest absolute Gasteiger partial charge is 0.342 e. The van der Waals surface area contributed by atoms with E-state index in [-0.39, 0.29) is 17.7 Å². The van der Waals surface area contributed by atoms with Crippen LogP contribution in [0.5, 0.6) is 0 Å². The average molecular weight is 307 g/mol. The van der Waals surface area contributed by atoms with Crippen molar-refractivity contribution in [3.63, 3.8) is 0 Å². The fourth-order valence-electron chi connectivity index (χ4n) is 1.92. The molecule has 0 amide bonds. The number of hydrogen-bond acceptors (Lipinski definition) is 5. The van der Waals surface area contributed by atoms with Gasteiger partial charge in [-0.15, -0.1) is 0 Å². The molecule has 5 nitrogen and oxygen atoms in total. The Morgan fingerprint density at radius 2 is 1.86 bits per heavy atom. The lowest BCUT2D eigenvalue weighted by Gasteiger charge is -2.12. The van der Waals surface area contributed by atoms with Crippen molar-refractivity contribution in [1.82, 2.24) is 15.0 Å². The first-order chi connectivity index (χ1) is 10.3. The zero-order chi connectivity index (χ0) is 16.3. The number of halogens is 2. The van der Waals surface area contributed by atoms with Crippen LogP contribution in [-0.2, 0) is 17.3 Å². The summed E-state index contributed by atoms with van der Waals surface area (Å²) < 4.78 is 31.6. The molecule has 2 aromatic heterocycles. The van der Waals surface area contributed by atoms with E-state index in [0.29, 0.717) is 17.0 Å². The number of carbonyl (C=O) groups is 1. The molecule has 0 aliphatic carbocycles. The Kier molecular flexibility index (Phi) is 4.44. The Hall–Kier alpha value is -2.44. The molecule has 0 fully saturated rings. The second-order valence-corrected chi connectivity index (χ2v) is 4.97. The molecule has 0 spiro atoms. The van der Waals surface area contributed by atoms with Gasteiger partial charge in [-0.1, -0.05) is 0 Å². The number of hydrogen-bond donors (Lipinski definition) is 0. The van der Waals surface area contributed by atoms with Gasteiger partial charge in [0.25, 0.3) is 5.92 Å². The highest BCUT2D eigenvalue weighted by atomic mass is 19.3. The van der Waals surface area contributed by atoms with Crippen molar-refractivity contribution in [3.8, 4) is 0 Å². The fraction of sp³-hybridized carbons (Fsp3) is 0.333. The first-order valence-corrected chi connectivity index (χ1v) is 6.56. The van der Waals surface area contributed by atoms with Crippen LogP contribution in [0.4, 0.5) is 8.78 Å². The number of nitrogens with zero attached hydrogens (tertiary/aromatic N) is 3. The van der Waals surface area contributed by atoms with Gasteiger partial charge >= 0.3 is 5.97 Å². The maximum atomic E-state index is 13.2. The van der Waals surface area contributed by atoms with Crippen LogP contribution in [0.15, 0.2) is 24.8 Å². The molecule has 0 radical (unpaired) electrons. The number of carbonyl (C=O) groups excluding carboxylic acids is 1. The van der Waals surface area contributed by atoms with Crippen LogP contribution in [0.1, 0.15) is 39.8 Å². The molecule has 7 heteroatoms. The van der Waals surface area contributed by atoms with Crippen LogP contribution < -0.4 is 0 Å². The number of aryl methyl sites for hydroxylation is 2. The molecule has 2 rings (SSSR count). The van der Waals surface area contributed by atoms with Gasteiger partial charge in [0, 0.05) is 30.4 Å². The van der Waals surface area contributed by atoms with Crippen molar-refractivity contribution in [2.24, 2.45) is 0 Å². The third-order valence-corrected chi connectivity index (χ3v) is 3.10. The van der Waals surface area contributed by atoms with E-state index in [9.17, 15) is 13.6 Å². The van der Waals surface area contributed by atoms with Crippen molar-refractivity contribution in [2.75, 3.05) is 0 Å². The number of aromatic nitrogens is 3. The summed E-state index contributed by atoms with van der Waals surface area (Å²) >= 11 is 0. The van der Waals surface area contributed by atoms with Gasteiger partial charge in [-0.25, -0.2) is 23.5 Å². The Balaban J connectivity index is 2.12. The topological polar surface area (TPSA) is 65.0 Å². The van der Waals surface area contributed by atoms with Gasteiger partial charge in [0.1, 0.15) is 18.5 Å². The lowest BCUT2D eigenvalue weighted by atomic mass is 10.1. The van der Waals surface area contributed by atoms with Gasteiger partial charge in [-0.05, 0) is 19.9 Å². The molecule has 0 aliphatic rings. The fourth-order valence-corrected chi connectivity index (χ4v) is 1.92. The Labute approximate surface area is 126 Å². The average Bonchev–Trinajstić information content (AvgIpc) is 2.44.